The van der Waals surface area contributed by atoms with Crippen molar-refractivity contribution in [2.45, 2.75) is 122 Å². The zero-order valence-electron chi connectivity index (χ0n) is 28.9. The number of aliphatic hydroxyl groups excluding tert-OH is 1. The first kappa shape index (κ1) is 41.8. The van der Waals surface area contributed by atoms with E-state index in [9.17, 15) is 33.9 Å². The molecule has 0 aliphatic carbocycles. The van der Waals surface area contributed by atoms with Gasteiger partial charge in [-0.3, -0.25) is 14.4 Å². The predicted molar refractivity (Wildman–Crippen MR) is 178 cm³/mol. The number of ether oxygens (including phenoxy) is 3. The highest BCUT2D eigenvalue weighted by Crippen LogP contribution is 2.13. The van der Waals surface area contributed by atoms with Crippen molar-refractivity contribution in [3.63, 3.8) is 0 Å². The highest BCUT2D eigenvalue weighted by molar-refractivity contribution is 5.95. The van der Waals surface area contributed by atoms with Gasteiger partial charge in [-0.2, -0.15) is 0 Å². The number of nitrogens with one attached hydrogen (secondary N) is 3. The Labute approximate surface area is 283 Å². The van der Waals surface area contributed by atoms with E-state index in [-0.39, 0.29) is 44.8 Å². The smallest absolute Gasteiger partial charge is 0.335 e. The van der Waals surface area contributed by atoms with Crippen LogP contribution < -0.4 is 16.0 Å². The molecule has 1 aromatic carbocycles. The number of rotatable bonds is 23. The minimum Gasteiger partial charge on any atom is -0.467 e. The second kappa shape index (κ2) is 23.1. The van der Waals surface area contributed by atoms with Gasteiger partial charge < -0.3 is 35.3 Å². The van der Waals surface area contributed by atoms with Crippen molar-refractivity contribution in [1.82, 2.24) is 16.0 Å². The Morgan fingerprint density at radius 2 is 1.54 bits per heavy atom. The van der Waals surface area contributed by atoms with E-state index in [0.717, 1.165) is 38.4 Å². The van der Waals surface area contributed by atoms with Crippen LogP contribution in [0.1, 0.15) is 97.5 Å². The summed E-state index contributed by atoms with van der Waals surface area (Å²) < 4.78 is 15.1. The van der Waals surface area contributed by atoms with Gasteiger partial charge in [-0.15, -0.1) is 0 Å². The maximum absolute atomic E-state index is 13.3. The van der Waals surface area contributed by atoms with Crippen molar-refractivity contribution >= 4 is 35.6 Å². The molecule has 0 unspecified atom stereocenters. The number of unbranched alkanes of at least 4 members (excludes halogenated alkanes) is 4. The molecule has 0 saturated carbocycles. The van der Waals surface area contributed by atoms with Crippen LogP contribution in [0.15, 0.2) is 42.5 Å². The summed E-state index contributed by atoms with van der Waals surface area (Å²) in [6.45, 7) is 6.91. The van der Waals surface area contributed by atoms with Crippen molar-refractivity contribution in [3.05, 3.63) is 48.0 Å². The van der Waals surface area contributed by atoms with Crippen LogP contribution in [0.3, 0.4) is 0 Å². The first-order valence-corrected chi connectivity index (χ1v) is 16.6. The fourth-order valence-corrected chi connectivity index (χ4v) is 4.38. The normalized spacial score (nSPS) is 14.1. The Kier molecular flexibility index (Phi) is 20.1. The number of methoxy groups -OCH3 is 1. The van der Waals surface area contributed by atoms with Crippen molar-refractivity contribution in [3.8, 4) is 0 Å². The average molecular weight is 676 g/mol. The molecule has 0 heterocycles. The molecule has 1 aromatic rings. The summed E-state index contributed by atoms with van der Waals surface area (Å²) in [6.07, 6.45) is 5.70. The highest BCUT2D eigenvalue weighted by atomic mass is 16.5. The molecule has 13 nitrogen and oxygen atoms in total. The van der Waals surface area contributed by atoms with Crippen LogP contribution in [-0.2, 0) is 49.6 Å². The van der Waals surface area contributed by atoms with E-state index >= 15 is 0 Å². The molecule has 0 radical (unpaired) electrons. The van der Waals surface area contributed by atoms with E-state index < -0.39 is 53.4 Å². The van der Waals surface area contributed by atoms with Gasteiger partial charge in [0.25, 0.3) is 0 Å². The molecule has 4 atom stereocenters. The van der Waals surface area contributed by atoms with Crippen LogP contribution in [0, 0.1) is 0 Å². The van der Waals surface area contributed by atoms with Gasteiger partial charge in [-0.25, -0.2) is 14.4 Å². The minimum absolute atomic E-state index is 0.0197. The summed E-state index contributed by atoms with van der Waals surface area (Å²) in [4.78, 5) is 76.2. The minimum atomic E-state index is -1.75. The third-order valence-electron chi connectivity index (χ3n) is 7.36. The zero-order valence-corrected chi connectivity index (χ0v) is 28.9. The number of benzene rings is 1. The maximum atomic E-state index is 13.3. The van der Waals surface area contributed by atoms with Crippen molar-refractivity contribution in [2.24, 2.45) is 0 Å². The number of hydrogen-bond donors (Lipinski definition) is 4. The van der Waals surface area contributed by atoms with Crippen LogP contribution in [-0.4, -0.2) is 78.2 Å². The summed E-state index contributed by atoms with van der Waals surface area (Å²) in [5, 5.41) is 18.0. The predicted octanol–water partition coefficient (Wildman–Crippen LogP) is 3.17. The van der Waals surface area contributed by atoms with Crippen LogP contribution in [0.25, 0.3) is 0 Å². The summed E-state index contributed by atoms with van der Waals surface area (Å²) in [5.74, 6) is -4.01. The molecule has 0 bridgehead atoms. The summed E-state index contributed by atoms with van der Waals surface area (Å²) >= 11 is 0. The molecule has 13 heteroatoms. The van der Waals surface area contributed by atoms with Gasteiger partial charge in [0.2, 0.25) is 17.7 Å². The lowest BCUT2D eigenvalue weighted by molar-refractivity contribution is -0.153. The fourth-order valence-electron chi connectivity index (χ4n) is 4.38. The van der Waals surface area contributed by atoms with E-state index in [4.69, 9.17) is 9.47 Å². The van der Waals surface area contributed by atoms with Gasteiger partial charge in [0.15, 0.2) is 6.10 Å². The molecule has 0 aliphatic rings. The second-order valence-electron chi connectivity index (χ2n) is 11.7. The van der Waals surface area contributed by atoms with E-state index in [1.54, 1.807) is 24.3 Å². The van der Waals surface area contributed by atoms with Gasteiger partial charge in [-0.05, 0) is 38.7 Å². The Hall–Kier alpha value is -4.26. The summed E-state index contributed by atoms with van der Waals surface area (Å²) in [7, 11) is 1.16. The second-order valence-corrected chi connectivity index (χ2v) is 11.7. The standard InChI is InChI=1S/C35H53N3O10/c1-6-8-10-14-19-29(40)37-27(32(43)48-24-26-16-12-11-13-17-26)20-21-30(41)38-35(4,34(45)36-25(3)31(42)46-5)22-15-18-28(39)33(44)47-23-9-7-2/h11-13,15-17,22,25,27-28,39H,6-10,14,18-21,23-24H2,1-5H3,(H,36,45)(H,37,40)(H,38,41)/b22-15+/t25-,27-,28+,35+/m1/s1. The molecule has 0 aromatic heterocycles. The molecular weight excluding hydrogens is 622 g/mol. The zero-order chi connectivity index (χ0) is 36.0. The molecule has 0 spiro atoms. The number of hydrogen-bond acceptors (Lipinski definition) is 10. The molecule has 268 valence electrons. The largest absolute Gasteiger partial charge is 0.467 e. The summed E-state index contributed by atoms with van der Waals surface area (Å²) in [6, 6.07) is 6.83. The average Bonchev–Trinajstić information content (AvgIpc) is 3.07. The van der Waals surface area contributed by atoms with Gasteiger partial charge in [0, 0.05) is 19.3 Å². The monoisotopic (exact) mass is 675 g/mol. The Bertz CT molecular complexity index is 1210. The molecule has 0 saturated heterocycles. The molecular formula is C35H53N3O10. The van der Waals surface area contributed by atoms with E-state index in [2.05, 4.69) is 27.6 Å². The lowest BCUT2D eigenvalue weighted by Gasteiger charge is -2.28. The molecule has 0 aliphatic heterocycles. The molecule has 48 heavy (non-hydrogen) atoms. The number of amides is 3. The van der Waals surface area contributed by atoms with Crippen LogP contribution in [0.4, 0.5) is 0 Å². The molecule has 1 rings (SSSR count). The lowest BCUT2D eigenvalue weighted by atomic mass is 9.98. The Morgan fingerprint density at radius 3 is 2.19 bits per heavy atom. The maximum Gasteiger partial charge on any atom is 0.335 e. The fraction of sp³-hybridized carbons (Fsp3) is 0.600. The first-order valence-electron chi connectivity index (χ1n) is 16.6. The number of esters is 3. The Morgan fingerprint density at radius 1 is 0.854 bits per heavy atom. The number of aliphatic hydroxyl groups is 1. The summed E-state index contributed by atoms with van der Waals surface area (Å²) in [5.41, 5.74) is -1.00. The number of carbonyl (C=O) groups excluding carboxylic acids is 6. The molecule has 0 fully saturated rings. The van der Waals surface area contributed by atoms with Crippen LogP contribution >= 0.6 is 0 Å². The topological polar surface area (TPSA) is 186 Å². The number of carbonyl (C=O) groups is 6. The SMILES string of the molecule is CCCCCCC(=O)N[C@H](CCC(=O)N[C@@](C)(/C=C/C[C@H](O)C(=O)OCCCC)C(=O)N[C@H](C)C(=O)OC)C(=O)OCc1ccccc1. The van der Waals surface area contributed by atoms with E-state index in [1.807, 2.05) is 13.0 Å². The third-order valence-corrected chi connectivity index (χ3v) is 7.36. The van der Waals surface area contributed by atoms with Gasteiger partial charge in [-0.1, -0.05) is 82.0 Å². The van der Waals surface area contributed by atoms with Crippen molar-refractivity contribution in [1.29, 1.82) is 0 Å². The van der Waals surface area contributed by atoms with Gasteiger partial charge >= 0.3 is 17.9 Å². The third kappa shape index (κ3) is 16.5. The van der Waals surface area contributed by atoms with Gasteiger partial charge in [0.05, 0.1) is 13.7 Å². The van der Waals surface area contributed by atoms with Crippen molar-refractivity contribution < 1.29 is 48.1 Å². The van der Waals surface area contributed by atoms with E-state index in [1.165, 1.54) is 26.0 Å². The van der Waals surface area contributed by atoms with Gasteiger partial charge in [0.1, 0.15) is 24.2 Å². The molecule has 3 amide bonds. The Balaban J connectivity index is 3.05. The highest BCUT2D eigenvalue weighted by Gasteiger charge is 2.35. The first-order chi connectivity index (χ1) is 22.9. The quantitative estimate of drug-likeness (QED) is 0.0581. The van der Waals surface area contributed by atoms with Crippen LogP contribution in [0.5, 0.6) is 0 Å². The van der Waals surface area contributed by atoms with Crippen molar-refractivity contribution in [2.75, 3.05) is 13.7 Å². The lowest BCUT2D eigenvalue weighted by Crippen LogP contribution is -2.58. The van der Waals surface area contributed by atoms with Crippen LogP contribution in [0.2, 0.25) is 0 Å². The van der Waals surface area contributed by atoms with E-state index in [0.29, 0.717) is 12.8 Å². The molecule has 4 N–H and O–H groups in total.